The van der Waals surface area contributed by atoms with E-state index >= 15 is 0 Å². The number of benzene rings is 2. The first kappa shape index (κ1) is 21.2. The van der Waals surface area contributed by atoms with Gasteiger partial charge in [-0.25, -0.2) is 0 Å². The first-order chi connectivity index (χ1) is 13.9. The number of amides is 1. The fourth-order valence-electron chi connectivity index (χ4n) is 3.31. The van der Waals surface area contributed by atoms with Gasteiger partial charge in [0.1, 0.15) is 0 Å². The third kappa shape index (κ3) is 5.12. The summed E-state index contributed by atoms with van der Waals surface area (Å²) >= 11 is 3.31. The number of halogens is 1. The SMILES string of the molecule is CC[C@H](C)c1ccc(N2C[C@@H](C(=O)OCC(=O)c3ccc(Br)cc3)CC2=O)cc1. The summed E-state index contributed by atoms with van der Waals surface area (Å²) in [6, 6.07) is 14.8. The van der Waals surface area contributed by atoms with Crippen molar-refractivity contribution in [3.05, 3.63) is 64.1 Å². The van der Waals surface area contributed by atoms with Crippen LogP contribution in [-0.2, 0) is 14.3 Å². The van der Waals surface area contributed by atoms with Crippen LogP contribution >= 0.6 is 15.9 Å². The maximum Gasteiger partial charge on any atom is 0.311 e. The van der Waals surface area contributed by atoms with E-state index in [1.807, 2.05) is 24.3 Å². The molecule has 6 heteroatoms. The summed E-state index contributed by atoms with van der Waals surface area (Å²) in [5, 5.41) is 0. The van der Waals surface area contributed by atoms with Gasteiger partial charge in [0.15, 0.2) is 12.4 Å². The third-order valence-electron chi connectivity index (χ3n) is 5.36. The first-order valence-corrected chi connectivity index (χ1v) is 10.5. The Morgan fingerprint density at radius 1 is 1.14 bits per heavy atom. The van der Waals surface area contributed by atoms with Crippen molar-refractivity contribution in [3.8, 4) is 0 Å². The minimum Gasteiger partial charge on any atom is -0.457 e. The van der Waals surface area contributed by atoms with Gasteiger partial charge in [-0.1, -0.05) is 54.0 Å². The Morgan fingerprint density at radius 2 is 1.79 bits per heavy atom. The number of hydrogen-bond donors (Lipinski definition) is 0. The summed E-state index contributed by atoms with van der Waals surface area (Å²) in [4.78, 5) is 38.6. The van der Waals surface area contributed by atoms with Gasteiger partial charge >= 0.3 is 5.97 Å². The average Bonchev–Trinajstić information content (AvgIpc) is 3.13. The summed E-state index contributed by atoms with van der Waals surface area (Å²) in [5.74, 6) is -0.989. The maximum absolute atomic E-state index is 12.4. The minimum absolute atomic E-state index is 0.0957. The van der Waals surface area contributed by atoms with Crippen LogP contribution in [0, 0.1) is 5.92 Å². The van der Waals surface area contributed by atoms with Crippen molar-refractivity contribution in [3.63, 3.8) is 0 Å². The highest BCUT2D eigenvalue weighted by molar-refractivity contribution is 9.10. The van der Waals surface area contributed by atoms with E-state index in [1.165, 1.54) is 5.56 Å². The molecular formula is C23H24BrNO4. The Morgan fingerprint density at radius 3 is 2.41 bits per heavy atom. The van der Waals surface area contributed by atoms with E-state index < -0.39 is 11.9 Å². The molecule has 1 aliphatic heterocycles. The van der Waals surface area contributed by atoms with Gasteiger partial charge in [0.05, 0.1) is 5.92 Å². The summed E-state index contributed by atoms with van der Waals surface area (Å²) in [6.45, 7) is 4.25. The Bertz CT molecular complexity index is 892. The number of ether oxygens (including phenoxy) is 1. The predicted octanol–water partition coefficient (Wildman–Crippen LogP) is 4.74. The van der Waals surface area contributed by atoms with Crippen LogP contribution in [0.5, 0.6) is 0 Å². The van der Waals surface area contributed by atoms with Crippen molar-refractivity contribution in [2.45, 2.75) is 32.6 Å². The van der Waals surface area contributed by atoms with Crippen LogP contribution in [0.3, 0.4) is 0 Å². The molecule has 0 aliphatic carbocycles. The lowest BCUT2D eigenvalue weighted by Crippen LogP contribution is -2.27. The van der Waals surface area contributed by atoms with Gasteiger partial charge in [-0.2, -0.15) is 0 Å². The molecule has 1 aliphatic rings. The second kappa shape index (κ2) is 9.35. The third-order valence-corrected chi connectivity index (χ3v) is 5.88. The highest BCUT2D eigenvalue weighted by Gasteiger charge is 2.36. The quantitative estimate of drug-likeness (QED) is 0.444. The van der Waals surface area contributed by atoms with E-state index in [0.29, 0.717) is 11.5 Å². The van der Waals surface area contributed by atoms with E-state index in [1.54, 1.807) is 29.2 Å². The summed E-state index contributed by atoms with van der Waals surface area (Å²) in [6.07, 6.45) is 1.15. The number of ketones is 1. The zero-order chi connectivity index (χ0) is 21.0. The van der Waals surface area contributed by atoms with Crippen LogP contribution < -0.4 is 4.90 Å². The Balaban J connectivity index is 1.57. The summed E-state index contributed by atoms with van der Waals surface area (Å²) in [7, 11) is 0. The lowest BCUT2D eigenvalue weighted by Gasteiger charge is -2.18. The van der Waals surface area contributed by atoms with Gasteiger partial charge in [-0.05, 0) is 42.2 Å². The van der Waals surface area contributed by atoms with Crippen LogP contribution in [-0.4, -0.2) is 30.8 Å². The normalized spacial score (nSPS) is 17.3. The number of Topliss-reactive ketones (excluding diaryl/α,β-unsaturated/α-hetero) is 1. The molecule has 2 aromatic rings. The van der Waals surface area contributed by atoms with Crippen LogP contribution in [0.2, 0.25) is 0 Å². The van der Waals surface area contributed by atoms with Gasteiger partial charge in [-0.15, -0.1) is 0 Å². The number of carbonyl (C=O) groups is 3. The average molecular weight is 458 g/mol. The molecule has 0 aromatic heterocycles. The van der Waals surface area contributed by atoms with E-state index in [-0.39, 0.29) is 31.3 Å². The topological polar surface area (TPSA) is 63.7 Å². The van der Waals surface area contributed by atoms with E-state index in [2.05, 4.69) is 29.8 Å². The summed E-state index contributed by atoms with van der Waals surface area (Å²) in [5.41, 5.74) is 2.49. The lowest BCUT2D eigenvalue weighted by atomic mass is 9.98. The van der Waals surface area contributed by atoms with Gasteiger partial charge in [0.25, 0.3) is 0 Å². The molecular weight excluding hydrogens is 434 g/mol. The van der Waals surface area contributed by atoms with Crippen molar-refractivity contribution >= 4 is 39.3 Å². The number of hydrogen-bond acceptors (Lipinski definition) is 4. The largest absolute Gasteiger partial charge is 0.457 e. The lowest BCUT2D eigenvalue weighted by molar-refractivity contribution is -0.147. The van der Waals surface area contributed by atoms with Gasteiger partial charge in [-0.3, -0.25) is 14.4 Å². The van der Waals surface area contributed by atoms with Gasteiger partial charge in [0, 0.05) is 28.7 Å². The molecule has 1 amide bonds. The molecule has 0 spiro atoms. The summed E-state index contributed by atoms with van der Waals surface area (Å²) < 4.78 is 6.06. The molecule has 0 radical (unpaired) electrons. The highest BCUT2D eigenvalue weighted by Crippen LogP contribution is 2.28. The van der Waals surface area contributed by atoms with Crippen molar-refractivity contribution in [1.82, 2.24) is 0 Å². The number of nitrogens with zero attached hydrogens (tertiary/aromatic N) is 1. The molecule has 0 saturated carbocycles. The molecule has 3 rings (SSSR count). The first-order valence-electron chi connectivity index (χ1n) is 9.74. The molecule has 1 saturated heterocycles. The van der Waals surface area contributed by atoms with E-state index in [9.17, 15) is 14.4 Å². The zero-order valence-corrected chi connectivity index (χ0v) is 18.1. The van der Waals surface area contributed by atoms with Crippen molar-refractivity contribution < 1.29 is 19.1 Å². The van der Waals surface area contributed by atoms with Crippen LogP contribution in [0.15, 0.2) is 53.0 Å². The minimum atomic E-state index is -0.561. The fourth-order valence-corrected chi connectivity index (χ4v) is 3.57. The Kier molecular flexibility index (Phi) is 6.85. The highest BCUT2D eigenvalue weighted by atomic mass is 79.9. The zero-order valence-electron chi connectivity index (χ0n) is 16.6. The molecule has 5 nitrogen and oxygen atoms in total. The number of esters is 1. The smallest absolute Gasteiger partial charge is 0.311 e. The molecule has 2 atom stereocenters. The molecule has 2 aromatic carbocycles. The van der Waals surface area contributed by atoms with Gasteiger partial charge in [0.2, 0.25) is 5.91 Å². The number of carbonyl (C=O) groups excluding carboxylic acids is 3. The second-order valence-electron chi connectivity index (χ2n) is 7.34. The number of anilines is 1. The van der Waals surface area contributed by atoms with E-state index in [0.717, 1.165) is 16.6 Å². The maximum atomic E-state index is 12.4. The van der Waals surface area contributed by atoms with Crippen LogP contribution in [0.1, 0.15) is 48.5 Å². The van der Waals surface area contributed by atoms with Crippen molar-refractivity contribution in [1.29, 1.82) is 0 Å². The fraction of sp³-hybridized carbons (Fsp3) is 0.348. The molecule has 1 fully saturated rings. The standard InChI is InChI=1S/C23H24BrNO4/c1-3-15(2)16-6-10-20(11-7-16)25-13-18(12-22(25)27)23(28)29-14-21(26)17-4-8-19(24)9-5-17/h4-11,15,18H,3,12-14H2,1-2H3/t15-,18-/m0/s1. The number of rotatable bonds is 7. The molecule has 0 N–H and O–H groups in total. The monoisotopic (exact) mass is 457 g/mol. The van der Waals surface area contributed by atoms with Crippen molar-refractivity contribution in [2.75, 3.05) is 18.1 Å². The van der Waals surface area contributed by atoms with Crippen LogP contribution in [0.4, 0.5) is 5.69 Å². The molecule has 0 bridgehead atoms. The van der Waals surface area contributed by atoms with Crippen LogP contribution in [0.25, 0.3) is 0 Å². The Labute approximate surface area is 179 Å². The molecule has 29 heavy (non-hydrogen) atoms. The molecule has 1 heterocycles. The predicted molar refractivity (Wildman–Crippen MR) is 115 cm³/mol. The molecule has 152 valence electrons. The molecule has 0 unspecified atom stereocenters. The second-order valence-corrected chi connectivity index (χ2v) is 8.26. The van der Waals surface area contributed by atoms with E-state index in [4.69, 9.17) is 4.74 Å². The van der Waals surface area contributed by atoms with Gasteiger partial charge < -0.3 is 9.64 Å². The Hall–Kier alpha value is -2.47. The van der Waals surface area contributed by atoms with Crippen molar-refractivity contribution in [2.24, 2.45) is 5.92 Å².